The molecule has 0 radical (unpaired) electrons. The molecule has 0 N–H and O–H groups in total. The van der Waals surface area contributed by atoms with Crippen LogP contribution >= 0.6 is 22.6 Å². The first kappa shape index (κ1) is 17.1. The van der Waals surface area contributed by atoms with Gasteiger partial charge in [0.25, 0.3) is 0 Å². The zero-order chi connectivity index (χ0) is 14.8. The number of rotatable bonds is 1. The van der Waals surface area contributed by atoms with Crippen LogP contribution in [0.15, 0.2) is 0 Å². The van der Waals surface area contributed by atoms with E-state index in [0.717, 1.165) is 25.3 Å². The summed E-state index contributed by atoms with van der Waals surface area (Å²) in [5.41, 5.74) is -0.318. The molecule has 19 heavy (non-hydrogen) atoms. The number of carbonyl (C=O) groups is 1. The van der Waals surface area contributed by atoms with E-state index < -0.39 is 5.60 Å². The fourth-order valence-electron chi connectivity index (χ4n) is 2.54. The number of amides is 1. The van der Waals surface area contributed by atoms with Gasteiger partial charge in [0.05, 0.1) is 0 Å². The first-order chi connectivity index (χ1) is 8.54. The Morgan fingerprint density at radius 1 is 1.26 bits per heavy atom. The number of hydrogen-bond donors (Lipinski definition) is 0. The molecule has 1 amide bonds. The molecule has 0 aliphatic carbocycles. The number of halogens is 1. The molecule has 0 bridgehead atoms. The van der Waals surface area contributed by atoms with E-state index in [1.807, 2.05) is 25.7 Å². The molecule has 0 aromatic heterocycles. The second-order valence-electron chi connectivity index (χ2n) is 7.60. The zero-order valence-corrected chi connectivity index (χ0v) is 15.3. The lowest BCUT2D eigenvalue weighted by Crippen LogP contribution is -2.53. The van der Waals surface area contributed by atoms with Crippen molar-refractivity contribution in [2.45, 2.75) is 66.0 Å². The number of hydrogen-bond acceptors (Lipinski definition) is 2. The topological polar surface area (TPSA) is 29.5 Å². The van der Waals surface area contributed by atoms with Crippen molar-refractivity contribution in [2.24, 2.45) is 11.3 Å². The average Bonchev–Trinajstić information content (AvgIpc) is 2.24. The summed E-state index contributed by atoms with van der Waals surface area (Å²) in [5.74, 6) is 0.725. The highest BCUT2D eigenvalue weighted by molar-refractivity contribution is 14.1. The lowest BCUT2D eigenvalue weighted by molar-refractivity contribution is -0.0133. The SMILES string of the molecule is CC(C)(C)OC(=O)N1CCC(CI)CC1C(C)(C)C. The molecule has 0 aromatic rings. The van der Waals surface area contributed by atoms with E-state index in [0.29, 0.717) is 0 Å². The maximum absolute atomic E-state index is 12.4. The predicted molar refractivity (Wildman–Crippen MR) is 87.8 cm³/mol. The summed E-state index contributed by atoms with van der Waals surface area (Å²) in [6, 6.07) is 0.274. The molecule has 1 fully saturated rings. The van der Waals surface area contributed by atoms with Gasteiger partial charge in [-0.25, -0.2) is 4.79 Å². The third kappa shape index (κ3) is 5.12. The second-order valence-corrected chi connectivity index (χ2v) is 8.48. The van der Waals surface area contributed by atoms with Crippen LogP contribution in [0.1, 0.15) is 54.4 Å². The summed E-state index contributed by atoms with van der Waals surface area (Å²) in [7, 11) is 0. The number of likely N-dealkylation sites (tertiary alicyclic amines) is 1. The monoisotopic (exact) mass is 381 g/mol. The van der Waals surface area contributed by atoms with Crippen LogP contribution in [0.2, 0.25) is 0 Å². The van der Waals surface area contributed by atoms with E-state index in [-0.39, 0.29) is 17.6 Å². The molecule has 3 nitrogen and oxygen atoms in total. The Morgan fingerprint density at radius 2 is 1.84 bits per heavy atom. The molecular formula is C15H28INO2. The smallest absolute Gasteiger partial charge is 0.410 e. The summed E-state index contributed by atoms with van der Waals surface area (Å²) in [4.78, 5) is 14.3. The Kier molecular flexibility index (Phi) is 5.55. The van der Waals surface area contributed by atoms with Gasteiger partial charge in [0, 0.05) is 17.0 Å². The van der Waals surface area contributed by atoms with Crippen LogP contribution in [0.4, 0.5) is 4.79 Å². The molecule has 2 unspecified atom stereocenters. The van der Waals surface area contributed by atoms with E-state index in [4.69, 9.17) is 4.74 Å². The molecule has 1 heterocycles. The van der Waals surface area contributed by atoms with Crippen LogP contribution in [-0.2, 0) is 4.74 Å². The Bertz CT molecular complexity index is 317. The van der Waals surface area contributed by atoms with E-state index in [2.05, 4.69) is 43.4 Å². The number of nitrogens with zero attached hydrogens (tertiary/aromatic N) is 1. The van der Waals surface area contributed by atoms with E-state index in [9.17, 15) is 4.79 Å². The Morgan fingerprint density at radius 3 is 2.26 bits per heavy atom. The highest BCUT2D eigenvalue weighted by atomic mass is 127. The summed E-state index contributed by atoms with van der Waals surface area (Å²) in [6.45, 7) is 13.2. The standard InChI is InChI=1S/C15H28INO2/c1-14(2,3)12-9-11(10-16)7-8-17(12)13(18)19-15(4,5)6/h11-12H,7-10H2,1-6H3. The second kappa shape index (κ2) is 6.19. The zero-order valence-electron chi connectivity index (χ0n) is 13.1. The first-order valence-corrected chi connectivity index (χ1v) is 8.62. The molecule has 1 aliphatic rings. The van der Waals surface area contributed by atoms with Crippen LogP contribution in [-0.4, -0.2) is 33.6 Å². The Balaban J connectivity index is 2.82. The van der Waals surface area contributed by atoms with Gasteiger partial charge >= 0.3 is 6.09 Å². The van der Waals surface area contributed by atoms with Crippen molar-refractivity contribution >= 4 is 28.7 Å². The number of piperidine rings is 1. The Hall–Kier alpha value is 0. The predicted octanol–water partition coefficient (Wildman–Crippen LogP) is 4.48. The molecule has 0 spiro atoms. The maximum Gasteiger partial charge on any atom is 0.410 e. The van der Waals surface area contributed by atoms with E-state index in [1.54, 1.807) is 0 Å². The number of carbonyl (C=O) groups excluding carboxylic acids is 1. The van der Waals surface area contributed by atoms with Gasteiger partial charge in [0.1, 0.15) is 5.60 Å². The molecule has 1 aliphatic heterocycles. The minimum atomic E-state index is -0.417. The van der Waals surface area contributed by atoms with E-state index >= 15 is 0 Å². The minimum Gasteiger partial charge on any atom is -0.444 e. The van der Waals surface area contributed by atoms with Gasteiger partial charge in [-0.15, -0.1) is 0 Å². The van der Waals surface area contributed by atoms with Crippen molar-refractivity contribution < 1.29 is 9.53 Å². The largest absolute Gasteiger partial charge is 0.444 e. The van der Waals surface area contributed by atoms with Crippen LogP contribution in [0.25, 0.3) is 0 Å². The van der Waals surface area contributed by atoms with Crippen LogP contribution in [0.5, 0.6) is 0 Å². The Labute approximate surface area is 131 Å². The molecule has 0 aromatic carbocycles. The van der Waals surface area contributed by atoms with Gasteiger partial charge in [-0.3, -0.25) is 0 Å². The lowest BCUT2D eigenvalue weighted by atomic mass is 9.77. The fraction of sp³-hybridized carbons (Fsp3) is 0.933. The molecule has 1 rings (SSSR count). The summed E-state index contributed by atoms with van der Waals surface area (Å²) < 4.78 is 6.73. The minimum absolute atomic E-state index is 0.0986. The first-order valence-electron chi connectivity index (χ1n) is 7.10. The van der Waals surface area contributed by atoms with Crippen LogP contribution in [0, 0.1) is 11.3 Å². The van der Waals surface area contributed by atoms with Crippen molar-refractivity contribution in [3.05, 3.63) is 0 Å². The highest BCUT2D eigenvalue weighted by Gasteiger charge is 2.39. The lowest BCUT2D eigenvalue weighted by Gasteiger charge is -2.45. The van der Waals surface area contributed by atoms with Gasteiger partial charge in [0.15, 0.2) is 0 Å². The fourth-order valence-corrected chi connectivity index (χ4v) is 3.34. The molecule has 112 valence electrons. The quantitative estimate of drug-likeness (QED) is 0.495. The molecule has 1 saturated heterocycles. The van der Waals surface area contributed by atoms with Gasteiger partial charge in [-0.2, -0.15) is 0 Å². The van der Waals surface area contributed by atoms with Crippen molar-refractivity contribution in [3.63, 3.8) is 0 Å². The van der Waals surface area contributed by atoms with Gasteiger partial charge in [0.2, 0.25) is 0 Å². The number of ether oxygens (including phenoxy) is 1. The third-order valence-corrected chi connectivity index (χ3v) is 4.80. The summed E-state index contributed by atoms with van der Waals surface area (Å²) >= 11 is 2.46. The van der Waals surface area contributed by atoms with Crippen molar-refractivity contribution in [3.8, 4) is 0 Å². The molecule has 0 saturated carbocycles. The molecule has 2 atom stereocenters. The van der Waals surface area contributed by atoms with Gasteiger partial charge in [-0.1, -0.05) is 43.4 Å². The maximum atomic E-state index is 12.4. The highest BCUT2D eigenvalue weighted by Crippen LogP contribution is 2.36. The number of alkyl halides is 1. The van der Waals surface area contributed by atoms with Gasteiger partial charge < -0.3 is 9.64 Å². The van der Waals surface area contributed by atoms with Crippen molar-refractivity contribution in [1.29, 1.82) is 0 Å². The van der Waals surface area contributed by atoms with Crippen molar-refractivity contribution in [1.82, 2.24) is 4.90 Å². The van der Waals surface area contributed by atoms with Crippen LogP contribution in [0.3, 0.4) is 0 Å². The van der Waals surface area contributed by atoms with Crippen molar-refractivity contribution in [2.75, 3.05) is 11.0 Å². The molecular weight excluding hydrogens is 353 g/mol. The van der Waals surface area contributed by atoms with E-state index in [1.165, 1.54) is 4.43 Å². The summed E-state index contributed by atoms with van der Waals surface area (Å²) in [5, 5.41) is 0. The normalized spacial score (nSPS) is 25.3. The van der Waals surface area contributed by atoms with Crippen LogP contribution < -0.4 is 0 Å². The average molecular weight is 381 g/mol. The summed E-state index contributed by atoms with van der Waals surface area (Å²) in [6.07, 6.45) is 2.03. The molecule has 4 heteroatoms. The third-order valence-electron chi connectivity index (χ3n) is 3.56. The van der Waals surface area contributed by atoms with Gasteiger partial charge in [-0.05, 0) is 44.9 Å².